The molecular weight excluding hydrogens is 420 g/mol. The Kier molecular flexibility index (Phi) is 5.16. The zero-order valence-corrected chi connectivity index (χ0v) is 16.6. The molecule has 0 aliphatic carbocycles. The van der Waals surface area contributed by atoms with Gasteiger partial charge in [-0.2, -0.15) is 0 Å². The third-order valence-electron chi connectivity index (χ3n) is 4.59. The van der Waals surface area contributed by atoms with Crippen LogP contribution in [0.3, 0.4) is 0 Å². The summed E-state index contributed by atoms with van der Waals surface area (Å²) in [5.74, 6) is -0.225. The highest BCUT2D eigenvalue weighted by molar-refractivity contribution is 9.11. The largest absolute Gasteiger partial charge is 0.380 e. The standard InChI is InChI=1S/C21H19BrN4O2/c22-19-9-13(7-8-23-19)12-24-18-4-2-1-3-16(18)21(28)25-15-5-6-17-14(10-15)11-20(27)26-17/h1-7,9-10,23-24H,8,11-12H2,(H,25,28)(H,26,27). The lowest BCUT2D eigenvalue weighted by Crippen LogP contribution is -2.18. The van der Waals surface area contributed by atoms with E-state index in [0.717, 1.165) is 33.7 Å². The lowest BCUT2D eigenvalue weighted by Gasteiger charge is -2.15. The van der Waals surface area contributed by atoms with Gasteiger partial charge in [-0.05, 0) is 63.5 Å². The maximum absolute atomic E-state index is 12.8. The van der Waals surface area contributed by atoms with Gasteiger partial charge in [0.05, 0.1) is 16.6 Å². The van der Waals surface area contributed by atoms with Crippen LogP contribution in [0, 0.1) is 0 Å². The van der Waals surface area contributed by atoms with Crippen LogP contribution in [0.2, 0.25) is 0 Å². The summed E-state index contributed by atoms with van der Waals surface area (Å²) < 4.78 is 0.947. The molecule has 7 heteroatoms. The van der Waals surface area contributed by atoms with Gasteiger partial charge in [0.1, 0.15) is 0 Å². The normalized spacial score (nSPS) is 15.0. The maximum Gasteiger partial charge on any atom is 0.257 e. The predicted octanol–water partition coefficient (Wildman–Crippen LogP) is 3.61. The van der Waals surface area contributed by atoms with Crippen LogP contribution in [0.1, 0.15) is 15.9 Å². The highest BCUT2D eigenvalue weighted by atomic mass is 79.9. The van der Waals surface area contributed by atoms with Gasteiger partial charge in [0.15, 0.2) is 0 Å². The summed E-state index contributed by atoms with van der Waals surface area (Å²) in [6, 6.07) is 12.9. The summed E-state index contributed by atoms with van der Waals surface area (Å²) in [7, 11) is 0. The first-order valence-electron chi connectivity index (χ1n) is 8.95. The molecule has 2 heterocycles. The van der Waals surface area contributed by atoms with Crippen LogP contribution in [0.25, 0.3) is 0 Å². The summed E-state index contributed by atoms with van der Waals surface area (Å²) in [5.41, 5.74) is 4.83. The number of dihydropyridines is 1. The van der Waals surface area contributed by atoms with Crippen molar-refractivity contribution in [2.24, 2.45) is 0 Å². The first-order valence-corrected chi connectivity index (χ1v) is 9.75. The van der Waals surface area contributed by atoms with Gasteiger partial charge in [0.2, 0.25) is 5.91 Å². The van der Waals surface area contributed by atoms with Crippen molar-refractivity contribution in [2.75, 3.05) is 29.0 Å². The third-order valence-corrected chi connectivity index (χ3v) is 5.10. The van der Waals surface area contributed by atoms with Gasteiger partial charge in [-0.15, -0.1) is 0 Å². The van der Waals surface area contributed by atoms with Crippen LogP contribution >= 0.6 is 15.9 Å². The minimum absolute atomic E-state index is 0.0269. The molecule has 0 radical (unpaired) electrons. The molecule has 2 aliphatic heterocycles. The van der Waals surface area contributed by atoms with Gasteiger partial charge in [-0.1, -0.05) is 18.2 Å². The molecule has 0 spiro atoms. The molecule has 4 rings (SSSR count). The van der Waals surface area contributed by atoms with Crippen molar-refractivity contribution in [2.45, 2.75) is 6.42 Å². The van der Waals surface area contributed by atoms with Crippen molar-refractivity contribution < 1.29 is 9.59 Å². The Bertz CT molecular complexity index is 1010. The number of anilines is 3. The Morgan fingerprint density at radius 2 is 2.04 bits per heavy atom. The highest BCUT2D eigenvalue weighted by Crippen LogP contribution is 2.27. The molecule has 2 amide bonds. The summed E-state index contributed by atoms with van der Waals surface area (Å²) in [4.78, 5) is 24.3. The molecule has 28 heavy (non-hydrogen) atoms. The van der Waals surface area contributed by atoms with Gasteiger partial charge in [-0.3, -0.25) is 9.59 Å². The molecule has 2 aromatic rings. The average Bonchev–Trinajstić information content (AvgIpc) is 3.06. The fourth-order valence-corrected chi connectivity index (χ4v) is 3.67. The Labute approximate surface area is 171 Å². The van der Waals surface area contributed by atoms with Gasteiger partial charge in [0.25, 0.3) is 5.91 Å². The number of fused-ring (bicyclic) bond motifs is 1. The third kappa shape index (κ3) is 4.09. The molecule has 0 fully saturated rings. The molecule has 142 valence electrons. The number of carbonyl (C=O) groups is 2. The van der Waals surface area contributed by atoms with Gasteiger partial charge in [-0.25, -0.2) is 0 Å². The van der Waals surface area contributed by atoms with Crippen LogP contribution in [-0.2, 0) is 11.2 Å². The molecule has 4 N–H and O–H groups in total. The molecule has 0 bridgehead atoms. The smallest absolute Gasteiger partial charge is 0.257 e. The monoisotopic (exact) mass is 438 g/mol. The van der Waals surface area contributed by atoms with E-state index in [4.69, 9.17) is 0 Å². The Morgan fingerprint density at radius 1 is 1.18 bits per heavy atom. The van der Waals surface area contributed by atoms with Crippen molar-refractivity contribution in [3.8, 4) is 0 Å². The van der Waals surface area contributed by atoms with Crippen molar-refractivity contribution in [3.63, 3.8) is 0 Å². The molecule has 6 nitrogen and oxygen atoms in total. The molecule has 0 atom stereocenters. The van der Waals surface area contributed by atoms with E-state index in [2.05, 4.69) is 43.3 Å². The molecular formula is C21H19BrN4O2. The number of para-hydroxylation sites is 1. The fourth-order valence-electron chi connectivity index (χ4n) is 3.21. The number of hydrogen-bond donors (Lipinski definition) is 4. The summed E-state index contributed by atoms with van der Waals surface area (Å²) in [6.07, 6.45) is 4.45. The van der Waals surface area contributed by atoms with Crippen LogP contribution < -0.4 is 21.3 Å². The second-order valence-corrected chi connectivity index (χ2v) is 7.46. The van der Waals surface area contributed by atoms with Gasteiger partial charge >= 0.3 is 0 Å². The Balaban J connectivity index is 1.47. The molecule has 0 saturated heterocycles. The van der Waals surface area contributed by atoms with Crippen molar-refractivity contribution in [1.82, 2.24) is 5.32 Å². The van der Waals surface area contributed by atoms with E-state index < -0.39 is 0 Å². The Morgan fingerprint density at radius 3 is 2.89 bits per heavy atom. The van der Waals surface area contributed by atoms with E-state index in [1.807, 2.05) is 36.4 Å². The van der Waals surface area contributed by atoms with E-state index >= 15 is 0 Å². The molecule has 0 unspecified atom stereocenters. The van der Waals surface area contributed by atoms with Gasteiger partial charge < -0.3 is 21.3 Å². The predicted molar refractivity (Wildman–Crippen MR) is 115 cm³/mol. The first kappa shape index (κ1) is 18.3. The van der Waals surface area contributed by atoms with E-state index in [1.54, 1.807) is 12.1 Å². The van der Waals surface area contributed by atoms with Crippen LogP contribution in [0.15, 0.2) is 64.8 Å². The fraction of sp³-hybridized carbons (Fsp3) is 0.143. The highest BCUT2D eigenvalue weighted by Gasteiger charge is 2.18. The lowest BCUT2D eigenvalue weighted by atomic mass is 10.1. The minimum atomic E-state index is -0.198. The second kappa shape index (κ2) is 7.90. The van der Waals surface area contributed by atoms with E-state index in [-0.39, 0.29) is 11.8 Å². The molecule has 2 aliphatic rings. The molecule has 2 aromatic carbocycles. The number of amides is 2. The average molecular weight is 439 g/mol. The number of benzene rings is 2. The zero-order chi connectivity index (χ0) is 19.5. The number of halogens is 1. The topological polar surface area (TPSA) is 82.3 Å². The lowest BCUT2D eigenvalue weighted by molar-refractivity contribution is -0.115. The van der Waals surface area contributed by atoms with Crippen LogP contribution in [-0.4, -0.2) is 24.9 Å². The van der Waals surface area contributed by atoms with Crippen molar-refractivity contribution >= 4 is 44.8 Å². The number of nitrogens with one attached hydrogen (secondary N) is 4. The van der Waals surface area contributed by atoms with E-state index in [1.165, 1.54) is 0 Å². The quantitative estimate of drug-likeness (QED) is 0.537. The summed E-state index contributed by atoms with van der Waals surface area (Å²) in [6.45, 7) is 1.39. The number of carbonyl (C=O) groups excluding carboxylic acids is 2. The van der Waals surface area contributed by atoms with Crippen LogP contribution in [0.5, 0.6) is 0 Å². The van der Waals surface area contributed by atoms with Crippen molar-refractivity contribution in [3.05, 3.63) is 75.9 Å². The van der Waals surface area contributed by atoms with Crippen molar-refractivity contribution in [1.29, 1.82) is 0 Å². The SMILES string of the molecule is O=C1Cc2cc(NC(=O)c3ccccc3NCC3=CCNC(Br)=C3)ccc2N1. The summed E-state index contributed by atoms with van der Waals surface area (Å²) >= 11 is 3.45. The zero-order valence-electron chi connectivity index (χ0n) is 15.0. The Hall–Kier alpha value is -3.06. The number of hydrogen-bond acceptors (Lipinski definition) is 4. The number of rotatable bonds is 5. The van der Waals surface area contributed by atoms with Crippen LogP contribution in [0.4, 0.5) is 17.1 Å². The molecule has 0 saturated carbocycles. The first-order chi connectivity index (χ1) is 13.6. The van der Waals surface area contributed by atoms with Gasteiger partial charge in [0, 0.05) is 30.2 Å². The maximum atomic E-state index is 12.8. The minimum Gasteiger partial charge on any atom is -0.380 e. The van der Waals surface area contributed by atoms with E-state index in [9.17, 15) is 9.59 Å². The second-order valence-electron chi connectivity index (χ2n) is 6.60. The summed E-state index contributed by atoms with van der Waals surface area (Å²) in [5, 5.41) is 12.2. The van der Waals surface area contributed by atoms with E-state index in [0.29, 0.717) is 24.2 Å². The molecule has 0 aromatic heterocycles.